The van der Waals surface area contributed by atoms with Gasteiger partial charge >= 0.3 is 0 Å². The van der Waals surface area contributed by atoms with Crippen LogP contribution in [0.25, 0.3) is 0 Å². The second kappa shape index (κ2) is 6.30. The Kier molecular flexibility index (Phi) is 5.28. The van der Waals surface area contributed by atoms with Crippen LogP contribution in [0.4, 0.5) is 0 Å². The van der Waals surface area contributed by atoms with Crippen LogP contribution < -0.4 is 0 Å². The largest absolute Gasteiger partial charge is 0.360 e. The highest BCUT2D eigenvalue weighted by Gasteiger charge is 2.12. The number of piperidine rings is 1. The van der Waals surface area contributed by atoms with Crippen LogP contribution in [0.1, 0.15) is 32.6 Å². The quantitative estimate of drug-likeness (QED) is 0.429. The van der Waals surface area contributed by atoms with E-state index in [-0.39, 0.29) is 0 Å². The number of nitrogens with one attached hydrogen (secondary N) is 1. The predicted octanol–water partition coefficient (Wildman–Crippen LogP) is 2.59. The molecule has 0 spiro atoms. The first-order valence-corrected chi connectivity index (χ1v) is 6.40. The first kappa shape index (κ1) is 10.9. The van der Waals surface area contributed by atoms with Gasteiger partial charge < -0.3 is 4.90 Å². The molecule has 1 heterocycles. The molecule has 1 aliphatic heterocycles. The fourth-order valence-electron chi connectivity index (χ4n) is 1.57. The van der Waals surface area contributed by atoms with Gasteiger partial charge in [0.2, 0.25) is 0 Å². The summed E-state index contributed by atoms with van der Waals surface area (Å²) in [5.74, 6) is 2.95. The highest BCUT2D eigenvalue weighted by atomic mass is 32.2. The first-order chi connectivity index (χ1) is 6.34. The smallest absolute Gasteiger partial charge is 0.106 e. The summed E-state index contributed by atoms with van der Waals surface area (Å²) in [4.78, 5) is 2.24. The van der Waals surface area contributed by atoms with Crippen molar-refractivity contribution in [3.63, 3.8) is 0 Å². The van der Waals surface area contributed by atoms with Crippen molar-refractivity contribution >= 4 is 17.6 Å². The van der Waals surface area contributed by atoms with Crippen molar-refractivity contribution in [2.75, 3.05) is 24.6 Å². The average molecular weight is 200 g/mol. The lowest BCUT2D eigenvalue weighted by molar-refractivity contribution is 0.339. The van der Waals surface area contributed by atoms with Crippen LogP contribution >= 0.6 is 11.8 Å². The molecule has 0 atom stereocenters. The fraction of sp³-hybridized carbons (Fsp3) is 0.900. The molecule has 1 aliphatic rings. The highest BCUT2D eigenvalue weighted by Crippen LogP contribution is 2.11. The van der Waals surface area contributed by atoms with Crippen LogP contribution in [0.3, 0.4) is 0 Å². The lowest BCUT2D eigenvalue weighted by Crippen LogP contribution is -2.36. The lowest BCUT2D eigenvalue weighted by atomic mass is 10.1. The van der Waals surface area contributed by atoms with Crippen LogP contribution in [0.5, 0.6) is 0 Å². The Morgan fingerprint density at radius 1 is 1.31 bits per heavy atom. The molecule has 2 nitrogen and oxygen atoms in total. The van der Waals surface area contributed by atoms with E-state index in [1.165, 1.54) is 31.4 Å². The lowest BCUT2D eigenvalue weighted by Gasteiger charge is -2.28. The number of amidine groups is 1. The van der Waals surface area contributed by atoms with E-state index in [2.05, 4.69) is 11.8 Å². The second-order valence-electron chi connectivity index (χ2n) is 3.55. The summed E-state index contributed by atoms with van der Waals surface area (Å²) >= 11 is 1.89. The van der Waals surface area contributed by atoms with Crippen LogP contribution in [0.15, 0.2) is 0 Å². The maximum absolute atomic E-state index is 7.87. The number of likely N-dealkylation sites (tertiary alicyclic amines) is 1. The average Bonchev–Trinajstić information content (AvgIpc) is 2.19. The van der Waals surface area contributed by atoms with Gasteiger partial charge in [0.15, 0.2) is 0 Å². The van der Waals surface area contributed by atoms with Crippen LogP contribution in [0.2, 0.25) is 0 Å². The molecule has 0 aliphatic carbocycles. The summed E-state index contributed by atoms with van der Waals surface area (Å²) in [7, 11) is 0. The minimum atomic E-state index is 0.846. The van der Waals surface area contributed by atoms with Gasteiger partial charge in [0.25, 0.3) is 0 Å². The number of thioether (sulfide) groups is 1. The zero-order valence-corrected chi connectivity index (χ0v) is 9.33. The molecule has 0 bridgehead atoms. The summed E-state index contributed by atoms with van der Waals surface area (Å²) in [5, 5.41) is 7.87. The summed E-state index contributed by atoms with van der Waals surface area (Å²) in [6.45, 7) is 4.43. The van der Waals surface area contributed by atoms with Gasteiger partial charge in [-0.15, -0.1) is 0 Å². The zero-order valence-electron chi connectivity index (χ0n) is 8.51. The number of hydrogen-bond acceptors (Lipinski definition) is 2. The van der Waals surface area contributed by atoms with Gasteiger partial charge in [-0.05, 0) is 31.4 Å². The van der Waals surface area contributed by atoms with E-state index in [1.54, 1.807) is 0 Å². The third-order valence-corrected chi connectivity index (χ3v) is 3.50. The molecule has 13 heavy (non-hydrogen) atoms. The van der Waals surface area contributed by atoms with E-state index < -0.39 is 0 Å². The molecule has 1 fully saturated rings. The molecule has 1 saturated heterocycles. The van der Waals surface area contributed by atoms with Gasteiger partial charge in [-0.3, -0.25) is 5.41 Å². The van der Waals surface area contributed by atoms with E-state index in [4.69, 9.17) is 5.41 Å². The maximum atomic E-state index is 7.87. The molecule has 0 saturated carbocycles. The van der Waals surface area contributed by atoms with E-state index in [9.17, 15) is 0 Å². The third-order valence-electron chi connectivity index (χ3n) is 2.33. The van der Waals surface area contributed by atoms with Crippen molar-refractivity contribution in [1.82, 2.24) is 4.90 Å². The minimum absolute atomic E-state index is 0.846. The molecule has 0 aromatic heterocycles. The van der Waals surface area contributed by atoms with E-state index in [0.717, 1.165) is 24.7 Å². The van der Waals surface area contributed by atoms with Crippen molar-refractivity contribution in [2.24, 2.45) is 0 Å². The van der Waals surface area contributed by atoms with E-state index in [0.29, 0.717) is 0 Å². The standard InChI is InChI=1S/C10H20N2S/c1-2-8-13-9-10(11)12-6-4-3-5-7-12/h11H,2-9H2,1H3. The van der Waals surface area contributed by atoms with Crippen molar-refractivity contribution in [2.45, 2.75) is 32.6 Å². The number of nitrogens with zero attached hydrogens (tertiary/aromatic N) is 1. The molecular weight excluding hydrogens is 180 g/mol. The number of hydrogen-bond donors (Lipinski definition) is 1. The van der Waals surface area contributed by atoms with Gasteiger partial charge in [-0.2, -0.15) is 11.8 Å². The summed E-state index contributed by atoms with van der Waals surface area (Å²) in [6.07, 6.45) is 5.13. The highest BCUT2D eigenvalue weighted by molar-refractivity contribution is 7.99. The van der Waals surface area contributed by atoms with Crippen molar-refractivity contribution in [3.05, 3.63) is 0 Å². The molecule has 1 N–H and O–H groups in total. The molecule has 76 valence electrons. The molecule has 0 unspecified atom stereocenters. The fourth-order valence-corrected chi connectivity index (χ4v) is 2.38. The second-order valence-corrected chi connectivity index (χ2v) is 4.65. The Balaban J connectivity index is 2.13. The van der Waals surface area contributed by atoms with Crippen molar-refractivity contribution in [1.29, 1.82) is 5.41 Å². The SMILES string of the molecule is CCCSCC(=N)N1CCCCC1. The van der Waals surface area contributed by atoms with Gasteiger partial charge in [0, 0.05) is 13.1 Å². The van der Waals surface area contributed by atoms with Gasteiger partial charge in [-0.25, -0.2) is 0 Å². The molecule has 0 radical (unpaired) electrons. The Bertz CT molecular complexity index is 153. The van der Waals surface area contributed by atoms with Crippen molar-refractivity contribution in [3.8, 4) is 0 Å². The summed E-state index contributed by atoms with van der Waals surface area (Å²) in [5.41, 5.74) is 0. The van der Waals surface area contributed by atoms with Crippen molar-refractivity contribution < 1.29 is 0 Å². The van der Waals surface area contributed by atoms with Crippen LogP contribution in [0, 0.1) is 5.41 Å². The van der Waals surface area contributed by atoms with Gasteiger partial charge in [0.1, 0.15) is 5.84 Å². The molecule has 0 aromatic carbocycles. The van der Waals surface area contributed by atoms with Gasteiger partial charge in [-0.1, -0.05) is 6.92 Å². The molecule has 3 heteroatoms. The zero-order chi connectivity index (χ0) is 9.52. The molecule has 0 amide bonds. The monoisotopic (exact) mass is 200 g/mol. The summed E-state index contributed by atoms with van der Waals surface area (Å²) < 4.78 is 0. The topological polar surface area (TPSA) is 27.1 Å². The Morgan fingerprint density at radius 3 is 2.62 bits per heavy atom. The molecule has 1 rings (SSSR count). The number of rotatable bonds is 4. The first-order valence-electron chi connectivity index (χ1n) is 5.24. The van der Waals surface area contributed by atoms with E-state index >= 15 is 0 Å². The minimum Gasteiger partial charge on any atom is -0.360 e. The Labute approximate surface area is 85.6 Å². The van der Waals surface area contributed by atoms with Gasteiger partial charge in [0.05, 0.1) is 5.75 Å². The maximum Gasteiger partial charge on any atom is 0.106 e. The normalized spacial score (nSPS) is 17.5. The summed E-state index contributed by atoms with van der Waals surface area (Å²) in [6, 6.07) is 0. The molecular formula is C10H20N2S. The van der Waals surface area contributed by atoms with Crippen LogP contribution in [-0.2, 0) is 0 Å². The Hall–Kier alpha value is -0.180. The predicted molar refractivity (Wildman–Crippen MR) is 60.8 cm³/mol. The Morgan fingerprint density at radius 2 is 2.00 bits per heavy atom. The third kappa shape index (κ3) is 4.03. The van der Waals surface area contributed by atoms with E-state index in [1.807, 2.05) is 11.8 Å². The van der Waals surface area contributed by atoms with Crippen LogP contribution in [-0.4, -0.2) is 35.3 Å². The molecule has 0 aromatic rings.